The van der Waals surface area contributed by atoms with Gasteiger partial charge in [0, 0.05) is 11.3 Å². The fourth-order valence-corrected chi connectivity index (χ4v) is 1.54. The molecule has 0 aromatic heterocycles. The highest BCUT2D eigenvalue weighted by molar-refractivity contribution is 7.92. The molecule has 0 heterocycles. The summed E-state index contributed by atoms with van der Waals surface area (Å²) in [6.45, 7) is 4.00. The smallest absolute Gasteiger partial charge is 0.229 e. The van der Waals surface area contributed by atoms with Crippen LogP contribution in [-0.2, 0) is 14.8 Å². The van der Waals surface area contributed by atoms with Gasteiger partial charge in [-0.2, -0.15) is 0 Å². The first-order valence-corrected chi connectivity index (χ1v) is 6.93. The summed E-state index contributed by atoms with van der Waals surface area (Å²) in [5.41, 5.74) is 1.01. The number of benzene rings is 1. The molecule has 0 spiro atoms. The Bertz CT molecular complexity index is 524. The van der Waals surface area contributed by atoms with E-state index in [-0.39, 0.29) is 0 Å². The van der Waals surface area contributed by atoms with E-state index < -0.39 is 10.0 Å². The molecule has 92 valence electrons. The van der Waals surface area contributed by atoms with Crippen LogP contribution in [0.3, 0.4) is 0 Å². The molecule has 0 bridgehead atoms. The zero-order valence-electron chi connectivity index (χ0n) is 10.0. The fraction of sp³-hybridized carbons (Fsp3) is 0.250. The van der Waals surface area contributed by atoms with Gasteiger partial charge in [0.2, 0.25) is 10.0 Å². The number of hydrogen-bond acceptors (Lipinski definition) is 3. The van der Waals surface area contributed by atoms with Crippen molar-refractivity contribution in [3.63, 3.8) is 0 Å². The van der Waals surface area contributed by atoms with Crippen LogP contribution in [0.5, 0.6) is 0 Å². The third kappa shape index (κ3) is 7.14. The summed E-state index contributed by atoms with van der Waals surface area (Å²) >= 11 is 0. The monoisotopic (exact) mass is 253 g/mol. The van der Waals surface area contributed by atoms with E-state index in [1.807, 2.05) is 13.8 Å². The van der Waals surface area contributed by atoms with Crippen molar-refractivity contribution < 1.29 is 13.2 Å². The minimum atomic E-state index is -3.28. The SMILES string of the molecule is CC.CS(=O)(=O)Nc1cccc(C#CC=O)c1. The Morgan fingerprint density at radius 1 is 1.29 bits per heavy atom. The Hall–Kier alpha value is -1.80. The topological polar surface area (TPSA) is 63.2 Å². The van der Waals surface area contributed by atoms with Crippen molar-refractivity contribution in [3.8, 4) is 11.8 Å². The van der Waals surface area contributed by atoms with E-state index in [0.717, 1.165) is 6.26 Å². The molecule has 5 heteroatoms. The number of rotatable bonds is 2. The van der Waals surface area contributed by atoms with Gasteiger partial charge < -0.3 is 0 Å². The van der Waals surface area contributed by atoms with Gasteiger partial charge in [0.1, 0.15) is 0 Å². The maximum Gasteiger partial charge on any atom is 0.229 e. The molecule has 1 rings (SSSR count). The van der Waals surface area contributed by atoms with E-state index in [0.29, 0.717) is 17.5 Å². The van der Waals surface area contributed by atoms with Crippen molar-refractivity contribution in [2.24, 2.45) is 0 Å². The summed E-state index contributed by atoms with van der Waals surface area (Å²) in [6, 6.07) is 6.50. The number of sulfonamides is 1. The van der Waals surface area contributed by atoms with Crippen molar-refractivity contribution >= 4 is 22.0 Å². The number of carbonyl (C=O) groups is 1. The number of anilines is 1. The van der Waals surface area contributed by atoms with E-state index in [4.69, 9.17) is 0 Å². The molecule has 0 atom stereocenters. The van der Waals surface area contributed by atoms with Gasteiger partial charge in [-0.25, -0.2) is 8.42 Å². The standard InChI is InChI=1S/C10H9NO3S.C2H6/c1-15(13,14)11-10-6-2-4-9(8-10)5-3-7-12;1-2/h2,4,6-8,11H,1H3;1-2H3. The summed E-state index contributed by atoms with van der Waals surface area (Å²) < 4.78 is 24.2. The zero-order chi connectivity index (χ0) is 13.3. The molecule has 0 amide bonds. The van der Waals surface area contributed by atoms with E-state index in [9.17, 15) is 13.2 Å². The second kappa shape index (κ2) is 7.47. The van der Waals surface area contributed by atoms with Crippen molar-refractivity contribution in [1.29, 1.82) is 0 Å². The molecule has 1 aromatic rings. The minimum absolute atomic E-state index is 0.426. The van der Waals surface area contributed by atoms with Gasteiger partial charge in [-0.05, 0) is 24.1 Å². The van der Waals surface area contributed by atoms with E-state index >= 15 is 0 Å². The normalized spacial score (nSPS) is 9.12. The molecule has 0 unspecified atom stereocenters. The Balaban J connectivity index is 0.00000121. The largest absolute Gasteiger partial charge is 0.289 e. The summed E-state index contributed by atoms with van der Waals surface area (Å²) in [7, 11) is -3.28. The van der Waals surface area contributed by atoms with Crippen LogP contribution >= 0.6 is 0 Å². The van der Waals surface area contributed by atoms with Crippen LogP contribution in [0.1, 0.15) is 19.4 Å². The van der Waals surface area contributed by atoms with Gasteiger partial charge in [-0.15, -0.1) is 0 Å². The highest BCUT2D eigenvalue weighted by Crippen LogP contribution is 2.10. The van der Waals surface area contributed by atoms with Crippen LogP contribution in [0.4, 0.5) is 5.69 Å². The highest BCUT2D eigenvalue weighted by atomic mass is 32.2. The van der Waals surface area contributed by atoms with Crippen molar-refractivity contribution in [1.82, 2.24) is 0 Å². The highest BCUT2D eigenvalue weighted by Gasteiger charge is 2.00. The third-order valence-electron chi connectivity index (χ3n) is 1.44. The molecule has 4 nitrogen and oxygen atoms in total. The quantitative estimate of drug-likeness (QED) is 0.643. The van der Waals surface area contributed by atoms with E-state index in [1.54, 1.807) is 24.3 Å². The van der Waals surface area contributed by atoms with Crippen LogP contribution in [0, 0.1) is 11.8 Å². The van der Waals surface area contributed by atoms with Crippen molar-refractivity contribution in [2.45, 2.75) is 13.8 Å². The predicted molar refractivity (Wildman–Crippen MR) is 69.2 cm³/mol. The first-order valence-electron chi connectivity index (χ1n) is 5.04. The molecule has 0 saturated heterocycles. The van der Waals surface area contributed by atoms with Crippen molar-refractivity contribution in [2.75, 3.05) is 11.0 Å². The first kappa shape index (κ1) is 15.2. The summed E-state index contributed by atoms with van der Waals surface area (Å²) in [5.74, 6) is 4.81. The van der Waals surface area contributed by atoms with Gasteiger partial charge in [0.25, 0.3) is 0 Å². The lowest BCUT2D eigenvalue weighted by Crippen LogP contribution is -2.09. The number of aldehydes is 1. The maximum atomic E-state index is 10.9. The number of hydrogen-bond donors (Lipinski definition) is 1. The summed E-state index contributed by atoms with van der Waals surface area (Å²) in [4.78, 5) is 10.0. The lowest BCUT2D eigenvalue weighted by atomic mass is 10.2. The van der Waals surface area contributed by atoms with Crippen LogP contribution < -0.4 is 4.72 Å². The Morgan fingerprint density at radius 2 is 1.94 bits per heavy atom. The third-order valence-corrected chi connectivity index (χ3v) is 2.05. The van der Waals surface area contributed by atoms with E-state index in [2.05, 4.69) is 16.6 Å². The van der Waals surface area contributed by atoms with Gasteiger partial charge in [0.05, 0.1) is 6.26 Å². The molecule has 17 heavy (non-hydrogen) atoms. The number of nitrogens with one attached hydrogen (secondary N) is 1. The molecular weight excluding hydrogens is 238 g/mol. The fourth-order valence-electron chi connectivity index (χ4n) is 0.987. The lowest BCUT2D eigenvalue weighted by molar-refractivity contribution is -0.103. The molecule has 0 aliphatic carbocycles. The van der Waals surface area contributed by atoms with Crippen LogP contribution in [-0.4, -0.2) is 21.0 Å². The van der Waals surface area contributed by atoms with Gasteiger partial charge >= 0.3 is 0 Å². The Morgan fingerprint density at radius 3 is 2.47 bits per heavy atom. The van der Waals surface area contributed by atoms with Gasteiger partial charge in [-0.3, -0.25) is 9.52 Å². The van der Waals surface area contributed by atoms with Crippen LogP contribution in [0.2, 0.25) is 0 Å². The molecule has 1 N–H and O–H groups in total. The van der Waals surface area contributed by atoms with Crippen LogP contribution in [0.25, 0.3) is 0 Å². The molecule has 0 aliphatic heterocycles. The first-order chi connectivity index (χ1) is 8.01. The van der Waals surface area contributed by atoms with Gasteiger partial charge in [0.15, 0.2) is 6.29 Å². The molecular formula is C12H15NO3S. The lowest BCUT2D eigenvalue weighted by Gasteiger charge is -2.03. The van der Waals surface area contributed by atoms with E-state index in [1.165, 1.54) is 0 Å². The second-order valence-corrected chi connectivity index (χ2v) is 4.59. The molecule has 0 saturated carbocycles. The average molecular weight is 253 g/mol. The summed E-state index contributed by atoms with van der Waals surface area (Å²) in [6.07, 6.45) is 1.55. The zero-order valence-corrected chi connectivity index (χ0v) is 10.8. The van der Waals surface area contributed by atoms with Crippen molar-refractivity contribution in [3.05, 3.63) is 29.8 Å². The Kier molecular flexibility index (Phi) is 6.68. The molecule has 1 aromatic carbocycles. The molecule has 0 fully saturated rings. The molecule has 0 radical (unpaired) electrons. The average Bonchev–Trinajstić information content (AvgIpc) is 2.27. The van der Waals surface area contributed by atoms with Crippen LogP contribution in [0.15, 0.2) is 24.3 Å². The van der Waals surface area contributed by atoms with Gasteiger partial charge in [-0.1, -0.05) is 25.8 Å². The minimum Gasteiger partial charge on any atom is -0.289 e. The Labute approximate surface area is 102 Å². The second-order valence-electron chi connectivity index (χ2n) is 2.84. The maximum absolute atomic E-state index is 10.9. The summed E-state index contributed by atoms with van der Waals surface area (Å²) in [5, 5.41) is 0. The molecule has 0 aliphatic rings. The number of carbonyl (C=O) groups excluding carboxylic acids is 1. The predicted octanol–water partition coefficient (Wildman–Crippen LogP) is 1.63.